The van der Waals surface area contributed by atoms with Crippen LogP contribution in [0.3, 0.4) is 0 Å². The lowest BCUT2D eigenvalue weighted by atomic mass is 9.97. The zero-order chi connectivity index (χ0) is 32.8. The van der Waals surface area contributed by atoms with Gasteiger partial charge in [0.15, 0.2) is 0 Å². The molecule has 2 aromatic rings. The molecule has 1 aromatic heterocycles. The topological polar surface area (TPSA) is 193 Å². The van der Waals surface area contributed by atoms with Gasteiger partial charge in [0.1, 0.15) is 23.8 Å². The fraction of sp³-hybridized carbons (Fsp3) is 0.484. The molecule has 0 saturated carbocycles. The van der Waals surface area contributed by atoms with Gasteiger partial charge in [0.05, 0.1) is 24.4 Å². The molecule has 0 spiro atoms. The number of nitrogens with two attached hydrogens (primary N) is 1. The number of rotatable bonds is 17. The molecular weight excluding hydrogens is 588 g/mol. The summed E-state index contributed by atoms with van der Waals surface area (Å²) in [5.74, 6) is -3.72. The van der Waals surface area contributed by atoms with Crippen molar-refractivity contribution in [3.05, 3.63) is 66.0 Å². The second-order valence-electron chi connectivity index (χ2n) is 11.4. The average molecular weight is 631 g/mol. The smallest absolute Gasteiger partial charge is 0.270 e. The van der Waals surface area contributed by atoms with E-state index in [1.165, 1.54) is 12.3 Å². The number of nitrogens with one attached hydrogen (secondary N) is 4. The summed E-state index contributed by atoms with van der Waals surface area (Å²) in [4.78, 5) is 67.7. The van der Waals surface area contributed by atoms with E-state index in [9.17, 15) is 29.1 Å². The Bertz CT molecular complexity index is 1250. The summed E-state index contributed by atoms with van der Waals surface area (Å²) in [6.45, 7) is 7.26. The van der Waals surface area contributed by atoms with Gasteiger partial charge in [-0.15, -0.1) is 11.6 Å². The molecule has 0 bridgehead atoms. The van der Waals surface area contributed by atoms with Crippen LogP contribution >= 0.6 is 11.6 Å². The van der Waals surface area contributed by atoms with E-state index in [-0.39, 0.29) is 29.8 Å². The van der Waals surface area contributed by atoms with Gasteiger partial charge < -0.3 is 32.1 Å². The van der Waals surface area contributed by atoms with E-state index in [2.05, 4.69) is 26.3 Å². The van der Waals surface area contributed by atoms with Crippen LogP contribution in [0.5, 0.6) is 0 Å². The molecule has 1 heterocycles. The van der Waals surface area contributed by atoms with E-state index in [1.807, 2.05) is 32.0 Å². The number of nitrogens with zero attached hydrogens (tertiary/aromatic N) is 1. The number of carbonyl (C=O) groups is 5. The lowest BCUT2D eigenvalue weighted by Crippen LogP contribution is -2.56. The van der Waals surface area contributed by atoms with Gasteiger partial charge in [0, 0.05) is 6.20 Å². The normalized spacial score (nSPS) is 14.5. The van der Waals surface area contributed by atoms with Gasteiger partial charge in [-0.25, -0.2) is 0 Å². The molecule has 12 nitrogen and oxygen atoms in total. The molecule has 7 N–H and O–H groups in total. The third-order valence-corrected chi connectivity index (χ3v) is 7.10. The number of aliphatic hydroxyl groups excluding tert-OH is 1. The number of carbonyl (C=O) groups excluding carboxylic acids is 5. The third-order valence-electron chi connectivity index (χ3n) is 6.79. The predicted octanol–water partition coefficient (Wildman–Crippen LogP) is 1.05. The molecule has 240 valence electrons. The first-order valence-electron chi connectivity index (χ1n) is 14.5. The number of alkyl halides is 1. The quantitative estimate of drug-likeness (QED) is 0.141. The Morgan fingerprint density at radius 1 is 0.864 bits per heavy atom. The standard InChI is InChI=1S/C31H43ClN6O6/c1-18(2)14-23(28(33)41)37-30(43)24(17-32)35-26(40)16-25(39)22(15-20-10-6-5-7-11-20)36-31(44)27(19(3)4)38-29(42)21-12-8-9-13-34-21/h5-13,18-19,22-25,27,39H,14-17H2,1-4H3,(H2,33,41)(H,35,40)(H,36,44)(H,37,43)(H,38,42)/t22-,23-,24-,25-,27-/m0/s1. The van der Waals surface area contributed by atoms with Crippen molar-refractivity contribution in [2.45, 2.75) is 77.2 Å². The minimum Gasteiger partial charge on any atom is -0.390 e. The molecular formula is C31H43ClN6O6. The third kappa shape index (κ3) is 11.9. The van der Waals surface area contributed by atoms with Crippen molar-refractivity contribution >= 4 is 41.1 Å². The van der Waals surface area contributed by atoms with Crippen LogP contribution in [0.25, 0.3) is 0 Å². The lowest BCUT2D eigenvalue weighted by molar-refractivity contribution is -0.132. The monoisotopic (exact) mass is 630 g/mol. The number of halogens is 1. The molecule has 0 aliphatic carbocycles. The van der Waals surface area contributed by atoms with Crippen LogP contribution in [-0.4, -0.2) is 75.8 Å². The van der Waals surface area contributed by atoms with Crippen molar-refractivity contribution in [3.63, 3.8) is 0 Å². The van der Waals surface area contributed by atoms with Crippen molar-refractivity contribution < 1.29 is 29.1 Å². The van der Waals surface area contributed by atoms with Crippen molar-refractivity contribution in [2.75, 3.05) is 5.88 Å². The summed E-state index contributed by atoms with van der Waals surface area (Å²) in [5.41, 5.74) is 6.34. The van der Waals surface area contributed by atoms with Gasteiger partial charge in [-0.3, -0.25) is 29.0 Å². The van der Waals surface area contributed by atoms with Crippen LogP contribution in [0, 0.1) is 11.8 Å². The van der Waals surface area contributed by atoms with Crippen molar-refractivity contribution in [1.29, 1.82) is 0 Å². The molecule has 2 rings (SSSR count). The summed E-state index contributed by atoms with van der Waals surface area (Å²) < 4.78 is 0. The Balaban J connectivity index is 2.15. The number of amides is 5. The summed E-state index contributed by atoms with van der Waals surface area (Å²) in [6, 6.07) is 9.89. The second kappa shape index (κ2) is 17.9. The lowest BCUT2D eigenvalue weighted by Gasteiger charge is -2.28. The molecule has 44 heavy (non-hydrogen) atoms. The first-order chi connectivity index (χ1) is 20.8. The van der Waals surface area contributed by atoms with Crippen LogP contribution < -0.4 is 27.0 Å². The molecule has 13 heteroatoms. The number of benzene rings is 1. The summed E-state index contributed by atoms with van der Waals surface area (Å²) >= 11 is 5.95. The van der Waals surface area contributed by atoms with Crippen molar-refractivity contribution in [2.24, 2.45) is 17.6 Å². The maximum absolute atomic E-state index is 13.4. The number of hydrogen-bond acceptors (Lipinski definition) is 7. The highest BCUT2D eigenvalue weighted by Crippen LogP contribution is 2.12. The number of aromatic nitrogens is 1. The van der Waals surface area contributed by atoms with Crippen LogP contribution in [0.15, 0.2) is 54.7 Å². The minimum atomic E-state index is -1.38. The van der Waals surface area contributed by atoms with E-state index in [0.717, 1.165) is 5.56 Å². The second-order valence-corrected chi connectivity index (χ2v) is 11.7. The van der Waals surface area contributed by atoms with E-state index >= 15 is 0 Å². The molecule has 0 aliphatic heterocycles. The van der Waals surface area contributed by atoms with E-state index in [1.54, 1.807) is 38.1 Å². The molecule has 0 saturated heterocycles. The van der Waals surface area contributed by atoms with Crippen molar-refractivity contribution in [3.8, 4) is 0 Å². The highest BCUT2D eigenvalue weighted by molar-refractivity contribution is 6.20. The molecule has 0 aliphatic rings. The average Bonchev–Trinajstić information content (AvgIpc) is 2.98. The predicted molar refractivity (Wildman–Crippen MR) is 166 cm³/mol. The van der Waals surface area contributed by atoms with Crippen LogP contribution in [0.2, 0.25) is 0 Å². The molecule has 0 fully saturated rings. The Morgan fingerprint density at radius 3 is 2.07 bits per heavy atom. The van der Waals surface area contributed by atoms with Crippen molar-refractivity contribution in [1.82, 2.24) is 26.3 Å². The van der Waals surface area contributed by atoms with Gasteiger partial charge in [0.25, 0.3) is 5.91 Å². The van der Waals surface area contributed by atoms with E-state index in [0.29, 0.717) is 6.42 Å². The molecule has 5 atom stereocenters. The van der Waals surface area contributed by atoms with Gasteiger partial charge in [-0.2, -0.15) is 0 Å². The fourth-order valence-corrected chi connectivity index (χ4v) is 4.64. The van der Waals surface area contributed by atoms with Crippen LogP contribution in [0.4, 0.5) is 0 Å². The maximum atomic E-state index is 13.4. The molecule has 5 amide bonds. The molecule has 1 aromatic carbocycles. The fourth-order valence-electron chi connectivity index (χ4n) is 4.42. The summed E-state index contributed by atoms with van der Waals surface area (Å²) in [5, 5.41) is 21.6. The number of hydrogen-bond donors (Lipinski definition) is 6. The Morgan fingerprint density at radius 2 is 1.52 bits per heavy atom. The van der Waals surface area contributed by atoms with Gasteiger partial charge in [-0.05, 0) is 42.4 Å². The van der Waals surface area contributed by atoms with Gasteiger partial charge in [0.2, 0.25) is 23.6 Å². The zero-order valence-corrected chi connectivity index (χ0v) is 26.2. The van der Waals surface area contributed by atoms with E-state index in [4.69, 9.17) is 17.3 Å². The van der Waals surface area contributed by atoms with Crippen LogP contribution in [0.1, 0.15) is 56.6 Å². The van der Waals surface area contributed by atoms with E-state index < -0.39 is 66.2 Å². The Kier molecular flexibility index (Phi) is 14.7. The van der Waals surface area contributed by atoms with Gasteiger partial charge >= 0.3 is 0 Å². The van der Waals surface area contributed by atoms with Gasteiger partial charge in [-0.1, -0.05) is 64.1 Å². The highest BCUT2D eigenvalue weighted by atomic mass is 35.5. The zero-order valence-electron chi connectivity index (χ0n) is 25.5. The molecule has 0 unspecified atom stereocenters. The number of pyridine rings is 1. The summed E-state index contributed by atoms with van der Waals surface area (Å²) in [7, 11) is 0. The van der Waals surface area contributed by atoms with Crippen LogP contribution in [-0.2, 0) is 25.6 Å². The summed E-state index contributed by atoms with van der Waals surface area (Å²) in [6.07, 6.45) is 0.0996. The molecule has 0 radical (unpaired) electrons. The number of primary amides is 1. The first kappa shape index (κ1) is 36.2. The maximum Gasteiger partial charge on any atom is 0.270 e. The SMILES string of the molecule is CC(C)C[C@H](NC(=O)[C@H](CCl)NC(=O)C[C@H](O)[C@H](Cc1ccccc1)NC(=O)[C@@H](NC(=O)c1ccccn1)C(C)C)C(N)=O. The largest absolute Gasteiger partial charge is 0.390 e. The highest BCUT2D eigenvalue weighted by Gasteiger charge is 2.32. The number of aliphatic hydroxyl groups is 1. The Labute approximate surface area is 262 Å². The first-order valence-corrected chi connectivity index (χ1v) is 15.0. The Hall–Kier alpha value is -4.03. The minimum absolute atomic E-state index is 0.0716.